The number of nitrogens with two attached hydrogens (primary N) is 1. The zero-order chi connectivity index (χ0) is 21.9. The minimum absolute atomic E-state index is 0.251. The summed E-state index contributed by atoms with van der Waals surface area (Å²) in [6, 6.07) is 0. The van der Waals surface area contributed by atoms with Gasteiger partial charge >= 0.3 is 5.97 Å². The molecule has 0 spiro atoms. The fourth-order valence-electron chi connectivity index (χ4n) is 1.96. The highest BCUT2D eigenvalue weighted by molar-refractivity contribution is 5.98. The van der Waals surface area contributed by atoms with E-state index in [0.717, 1.165) is 25.7 Å². The summed E-state index contributed by atoms with van der Waals surface area (Å²) in [5.41, 5.74) is 5.37. The number of hydrogen-bond acceptors (Lipinski definition) is 7. The Balaban J connectivity index is 3.64. The van der Waals surface area contributed by atoms with E-state index in [2.05, 4.69) is 16.0 Å². The molecule has 0 aromatic carbocycles. The van der Waals surface area contributed by atoms with E-state index in [9.17, 15) is 24.0 Å². The number of aliphatic carboxylic acids is 1. The third kappa shape index (κ3) is 18.4. The number of nitrogens with one attached hydrogen (secondary N) is 4. The van der Waals surface area contributed by atoms with E-state index < -0.39 is 42.6 Å². The summed E-state index contributed by atoms with van der Waals surface area (Å²) < 4.78 is 5.40. The summed E-state index contributed by atoms with van der Waals surface area (Å²) in [5.74, 6) is -3.69. The van der Waals surface area contributed by atoms with Crippen LogP contribution in [0.15, 0.2) is 0 Å². The molecule has 4 amide bonds. The average Bonchev–Trinajstić information content (AvgIpc) is 2.65. The number of ether oxygens (including phenoxy) is 1. The highest BCUT2D eigenvalue weighted by atomic mass is 16.5. The Morgan fingerprint density at radius 2 is 1.24 bits per heavy atom. The zero-order valence-corrected chi connectivity index (χ0v) is 16.5. The van der Waals surface area contributed by atoms with Crippen LogP contribution in [0.3, 0.4) is 0 Å². The van der Waals surface area contributed by atoms with Gasteiger partial charge in [0.05, 0.1) is 6.67 Å². The molecule has 7 N–H and O–H groups in total. The van der Waals surface area contributed by atoms with Crippen LogP contribution in [0.5, 0.6) is 0 Å². The van der Waals surface area contributed by atoms with E-state index >= 15 is 0 Å². The second-order valence-corrected chi connectivity index (χ2v) is 6.07. The third-order valence-corrected chi connectivity index (χ3v) is 3.43. The lowest BCUT2D eigenvalue weighted by atomic mass is 10.3. The van der Waals surface area contributed by atoms with Gasteiger partial charge in [0.2, 0.25) is 23.6 Å². The number of rotatable bonds is 17. The number of amides is 4. The number of unbranched alkanes of at least 4 members (excludes halogenated alkanes) is 2. The fraction of sp³-hybridized carbons (Fsp3) is 0.706. The van der Waals surface area contributed by atoms with Gasteiger partial charge < -0.3 is 36.8 Å². The number of hydrogen-bond donors (Lipinski definition) is 6. The SMILES string of the molecule is NCCCCOCCCCNC(=O)CC(=O)NCNC(=O)CC(=O)NCC(=O)O. The molecule has 12 nitrogen and oxygen atoms in total. The normalized spacial score (nSPS) is 10.1. The Kier molecular flexibility index (Phi) is 15.7. The first-order chi connectivity index (χ1) is 13.8. The van der Waals surface area contributed by atoms with Crippen molar-refractivity contribution in [2.24, 2.45) is 5.73 Å². The van der Waals surface area contributed by atoms with Gasteiger partial charge in [0.15, 0.2) is 0 Å². The van der Waals surface area contributed by atoms with Crippen molar-refractivity contribution in [2.75, 3.05) is 39.5 Å². The Morgan fingerprint density at radius 1 is 0.724 bits per heavy atom. The lowest BCUT2D eigenvalue weighted by Crippen LogP contribution is -2.41. The van der Waals surface area contributed by atoms with Crippen LogP contribution >= 0.6 is 0 Å². The monoisotopic (exact) mass is 417 g/mol. The first-order valence-electron chi connectivity index (χ1n) is 9.41. The molecule has 0 fully saturated rings. The predicted molar refractivity (Wildman–Crippen MR) is 102 cm³/mol. The second-order valence-electron chi connectivity index (χ2n) is 6.07. The molecular formula is C17H31N5O7. The zero-order valence-electron chi connectivity index (χ0n) is 16.5. The van der Waals surface area contributed by atoms with Crippen LogP contribution in [0.25, 0.3) is 0 Å². The van der Waals surface area contributed by atoms with Gasteiger partial charge in [-0.1, -0.05) is 0 Å². The maximum Gasteiger partial charge on any atom is 0.322 e. The van der Waals surface area contributed by atoms with E-state index in [4.69, 9.17) is 15.6 Å². The average molecular weight is 417 g/mol. The molecule has 0 aliphatic heterocycles. The van der Waals surface area contributed by atoms with Gasteiger partial charge in [-0.3, -0.25) is 24.0 Å². The first kappa shape index (κ1) is 26.3. The summed E-state index contributed by atoms with van der Waals surface area (Å²) in [7, 11) is 0. The standard InChI is InChI=1S/C17H31N5O7/c18-5-1-3-7-29-8-4-2-6-19-13(23)9-15(25)21-12-22-16(26)10-14(24)20-11-17(27)28/h1-12,18H2,(H,19,23)(H,20,24)(H,21,25)(H,22,26)(H,27,28). The molecule has 166 valence electrons. The minimum atomic E-state index is -1.23. The summed E-state index contributed by atoms with van der Waals surface area (Å²) in [6.45, 7) is 1.53. The van der Waals surface area contributed by atoms with Crippen LogP contribution < -0.4 is 27.0 Å². The van der Waals surface area contributed by atoms with Crippen LogP contribution in [0, 0.1) is 0 Å². The Hall–Kier alpha value is -2.73. The van der Waals surface area contributed by atoms with E-state index in [-0.39, 0.29) is 13.1 Å². The lowest BCUT2D eigenvalue weighted by molar-refractivity contribution is -0.139. The summed E-state index contributed by atoms with van der Waals surface area (Å²) in [4.78, 5) is 56.2. The molecule has 0 radical (unpaired) electrons. The van der Waals surface area contributed by atoms with Crippen molar-refractivity contribution in [3.05, 3.63) is 0 Å². The van der Waals surface area contributed by atoms with Crippen LogP contribution in [-0.2, 0) is 28.7 Å². The molecule has 0 saturated carbocycles. The highest BCUT2D eigenvalue weighted by Crippen LogP contribution is 1.93. The Bertz CT molecular complexity index is 542. The lowest BCUT2D eigenvalue weighted by Gasteiger charge is -2.08. The van der Waals surface area contributed by atoms with E-state index in [0.29, 0.717) is 26.3 Å². The first-order valence-corrected chi connectivity index (χ1v) is 9.41. The number of carboxylic acid groups (broad SMARTS) is 1. The molecule has 12 heteroatoms. The molecule has 0 aromatic rings. The van der Waals surface area contributed by atoms with Crippen LogP contribution in [0.1, 0.15) is 38.5 Å². The van der Waals surface area contributed by atoms with Gasteiger partial charge in [-0.25, -0.2) is 0 Å². The van der Waals surface area contributed by atoms with Crippen molar-refractivity contribution < 1.29 is 33.8 Å². The quantitative estimate of drug-likeness (QED) is 0.0873. The molecule has 0 aliphatic carbocycles. The maximum atomic E-state index is 11.6. The van der Waals surface area contributed by atoms with Crippen molar-refractivity contribution in [1.82, 2.24) is 21.3 Å². The highest BCUT2D eigenvalue weighted by Gasteiger charge is 2.11. The van der Waals surface area contributed by atoms with Crippen LogP contribution in [0.4, 0.5) is 0 Å². The van der Waals surface area contributed by atoms with Gasteiger partial charge in [-0.15, -0.1) is 0 Å². The van der Waals surface area contributed by atoms with Crippen molar-refractivity contribution in [2.45, 2.75) is 38.5 Å². The molecule has 0 bridgehead atoms. The van der Waals surface area contributed by atoms with Gasteiger partial charge in [-0.2, -0.15) is 0 Å². The molecule has 0 aliphatic rings. The topological polar surface area (TPSA) is 189 Å². The molecule has 0 atom stereocenters. The van der Waals surface area contributed by atoms with E-state index in [1.54, 1.807) is 0 Å². The van der Waals surface area contributed by atoms with Crippen molar-refractivity contribution in [1.29, 1.82) is 0 Å². The van der Waals surface area contributed by atoms with Crippen LogP contribution in [-0.4, -0.2) is 74.2 Å². The molecule has 0 aromatic heterocycles. The molecule has 0 saturated heterocycles. The summed E-state index contributed by atoms with van der Waals surface area (Å²) >= 11 is 0. The Labute approximate surface area is 169 Å². The van der Waals surface area contributed by atoms with E-state index in [1.165, 1.54) is 0 Å². The summed E-state index contributed by atoms with van der Waals surface area (Å²) in [5, 5.41) is 17.6. The number of carboxylic acids is 1. The molecule has 0 heterocycles. The second kappa shape index (κ2) is 17.4. The van der Waals surface area contributed by atoms with Gasteiger partial charge in [-0.05, 0) is 32.2 Å². The van der Waals surface area contributed by atoms with Crippen molar-refractivity contribution >= 4 is 29.6 Å². The molecule has 29 heavy (non-hydrogen) atoms. The van der Waals surface area contributed by atoms with Gasteiger partial charge in [0, 0.05) is 19.8 Å². The molecule has 0 unspecified atom stereocenters. The smallest absolute Gasteiger partial charge is 0.322 e. The van der Waals surface area contributed by atoms with E-state index in [1.807, 2.05) is 5.32 Å². The molecule has 0 rings (SSSR count). The largest absolute Gasteiger partial charge is 0.480 e. The molecular weight excluding hydrogens is 386 g/mol. The van der Waals surface area contributed by atoms with Crippen LogP contribution in [0.2, 0.25) is 0 Å². The minimum Gasteiger partial charge on any atom is -0.480 e. The fourth-order valence-corrected chi connectivity index (χ4v) is 1.96. The predicted octanol–water partition coefficient (Wildman–Crippen LogP) is -2.19. The maximum absolute atomic E-state index is 11.6. The summed E-state index contributed by atoms with van der Waals surface area (Å²) in [6.07, 6.45) is 2.43. The van der Waals surface area contributed by atoms with Gasteiger partial charge in [0.1, 0.15) is 19.4 Å². The van der Waals surface area contributed by atoms with Crippen molar-refractivity contribution in [3.8, 4) is 0 Å². The van der Waals surface area contributed by atoms with Gasteiger partial charge in [0.25, 0.3) is 0 Å². The number of carbonyl (C=O) groups is 5. The third-order valence-electron chi connectivity index (χ3n) is 3.43. The Morgan fingerprint density at radius 3 is 1.79 bits per heavy atom. The number of carbonyl (C=O) groups excluding carboxylic acids is 4. The van der Waals surface area contributed by atoms with Crippen molar-refractivity contribution in [3.63, 3.8) is 0 Å².